The molecule has 1 atom stereocenters. The van der Waals surface area contributed by atoms with E-state index in [0.29, 0.717) is 11.6 Å². The quantitative estimate of drug-likeness (QED) is 0.688. The van der Waals surface area contributed by atoms with E-state index in [9.17, 15) is 13.6 Å². The average molecular weight is 373 g/mol. The Labute approximate surface area is 154 Å². The molecule has 3 aromatic rings. The van der Waals surface area contributed by atoms with Gasteiger partial charge < -0.3 is 10.1 Å². The lowest BCUT2D eigenvalue weighted by Gasteiger charge is -2.14. The highest BCUT2D eigenvalue weighted by Gasteiger charge is 2.15. The number of aromatic nitrogens is 4. The second kappa shape index (κ2) is 8.35. The van der Waals surface area contributed by atoms with Crippen molar-refractivity contribution >= 4 is 5.91 Å². The van der Waals surface area contributed by atoms with E-state index in [4.69, 9.17) is 4.74 Å². The van der Waals surface area contributed by atoms with Crippen molar-refractivity contribution in [3.63, 3.8) is 0 Å². The van der Waals surface area contributed by atoms with Crippen LogP contribution >= 0.6 is 0 Å². The van der Waals surface area contributed by atoms with E-state index >= 15 is 0 Å². The number of hydrogen-bond donors (Lipinski definition) is 1. The van der Waals surface area contributed by atoms with Crippen molar-refractivity contribution in [3.05, 3.63) is 71.6 Å². The Morgan fingerprint density at radius 2 is 2.00 bits per heavy atom. The summed E-state index contributed by atoms with van der Waals surface area (Å²) in [5.74, 6) is -0.834. The molecule has 1 heterocycles. The molecule has 140 valence electrons. The van der Waals surface area contributed by atoms with E-state index < -0.39 is 23.6 Å². The summed E-state index contributed by atoms with van der Waals surface area (Å²) >= 11 is 0. The van der Waals surface area contributed by atoms with E-state index in [-0.39, 0.29) is 18.7 Å². The molecule has 0 fully saturated rings. The molecule has 1 aromatic heterocycles. The van der Waals surface area contributed by atoms with Crippen molar-refractivity contribution in [1.82, 2.24) is 25.5 Å². The van der Waals surface area contributed by atoms with Gasteiger partial charge in [0.25, 0.3) is 0 Å². The zero-order chi connectivity index (χ0) is 19.2. The van der Waals surface area contributed by atoms with E-state index in [1.807, 2.05) is 18.2 Å². The number of rotatable bonds is 7. The molecular formula is C18H17F2N5O2. The largest absolute Gasteiger partial charge is 0.485 e. The molecule has 27 heavy (non-hydrogen) atoms. The fourth-order valence-corrected chi connectivity index (χ4v) is 2.41. The molecular weight excluding hydrogens is 356 g/mol. The van der Waals surface area contributed by atoms with Crippen molar-refractivity contribution < 1.29 is 18.3 Å². The number of benzene rings is 2. The van der Waals surface area contributed by atoms with Gasteiger partial charge >= 0.3 is 0 Å². The maximum Gasteiger partial charge on any atom is 0.244 e. The van der Waals surface area contributed by atoms with Crippen LogP contribution in [0.5, 0.6) is 5.75 Å². The number of halogens is 2. The predicted octanol–water partition coefficient (Wildman–Crippen LogP) is 2.41. The number of carbonyl (C=O) groups excluding carboxylic acids is 1. The van der Waals surface area contributed by atoms with E-state index in [0.717, 1.165) is 16.9 Å². The normalized spacial score (nSPS) is 11.8. The molecule has 0 spiro atoms. The molecule has 0 unspecified atom stereocenters. The fourth-order valence-electron chi connectivity index (χ4n) is 2.41. The standard InChI is InChI=1S/C18H17F2N5O2/c1-12(15-8-7-13(19)9-16(15)20)21-18(26)10-25-23-17(22-24-25)11-27-14-5-3-2-4-6-14/h2-9,12H,10-11H2,1H3,(H,21,26)/t12-/m0/s1. The van der Waals surface area contributed by atoms with Crippen molar-refractivity contribution in [2.75, 3.05) is 0 Å². The molecule has 0 bridgehead atoms. The third-order valence-corrected chi connectivity index (χ3v) is 3.70. The molecule has 0 aliphatic rings. The SMILES string of the molecule is C[C@H](NC(=O)Cn1nnc(COc2ccccc2)n1)c1ccc(F)cc1F. The molecule has 9 heteroatoms. The second-order valence-electron chi connectivity index (χ2n) is 5.79. The van der Waals surface area contributed by atoms with Crippen LogP contribution in [-0.2, 0) is 17.9 Å². The van der Waals surface area contributed by atoms with Gasteiger partial charge in [0.15, 0.2) is 6.61 Å². The summed E-state index contributed by atoms with van der Waals surface area (Å²) < 4.78 is 32.2. The maximum atomic E-state index is 13.8. The Bertz CT molecular complexity index is 917. The Balaban J connectivity index is 1.53. The molecule has 2 aromatic carbocycles. The summed E-state index contributed by atoms with van der Waals surface area (Å²) in [5, 5.41) is 14.3. The van der Waals surface area contributed by atoms with Gasteiger partial charge in [0, 0.05) is 11.6 Å². The van der Waals surface area contributed by atoms with Gasteiger partial charge in [-0.1, -0.05) is 24.3 Å². The van der Waals surface area contributed by atoms with Crippen LogP contribution in [0, 0.1) is 11.6 Å². The van der Waals surface area contributed by atoms with Gasteiger partial charge in [-0.25, -0.2) is 8.78 Å². The van der Waals surface area contributed by atoms with Crippen LogP contribution in [0.2, 0.25) is 0 Å². The Morgan fingerprint density at radius 1 is 1.22 bits per heavy atom. The van der Waals surface area contributed by atoms with Crippen LogP contribution in [0.15, 0.2) is 48.5 Å². The second-order valence-corrected chi connectivity index (χ2v) is 5.79. The van der Waals surface area contributed by atoms with Crippen molar-refractivity contribution in [2.24, 2.45) is 0 Å². The third-order valence-electron chi connectivity index (χ3n) is 3.70. The van der Waals surface area contributed by atoms with Gasteiger partial charge in [-0.05, 0) is 30.3 Å². The van der Waals surface area contributed by atoms with Gasteiger partial charge in [0.05, 0.1) is 6.04 Å². The summed E-state index contributed by atoms with van der Waals surface area (Å²) in [4.78, 5) is 13.2. The van der Waals surface area contributed by atoms with Crippen LogP contribution in [0.25, 0.3) is 0 Å². The molecule has 7 nitrogen and oxygen atoms in total. The summed E-state index contributed by atoms with van der Waals surface area (Å²) in [6.45, 7) is 1.52. The molecule has 1 N–H and O–H groups in total. The number of carbonyl (C=O) groups is 1. The number of tetrazole rings is 1. The molecule has 0 aliphatic heterocycles. The zero-order valence-electron chi connectivity index (χ0n) is 14.5. The smallest absolute Gasteiger partial charge is 0.244 e. The van der Waals surface area contributed by atoms with Crippen molar-refractivity contribution in [3.8, 4) is 5.75 Å². The summed E-state index contributed by atoms with van der Waals surface area (Å²) in [6.07, 6.45) is 0. The first-order chi connectivity index (χ1) is 13.0. The summed E-state index contributed by atoms with van der Waals surface area (Å²) in [7, 11) is 0. The molecule has 0 radical (unpaired) electrons. The summed E-state index contributed by atoms with van der Waals surface area (Å²) in [6, 6.07) is 11.7. The molecule has 0 saturated heterocycles. The predicted molar refractivity (Wildman–Crippen MR) is 91.5 cm³/mol. The fraction of sp³-hybridized carbons (Fsp3) is 0.222. The lowest BCUT2D eigenvalue weighted by atomic mass is 10.1. The molecule has 1 amide bonds. The number of para-hydroxylation sites is 1. The molecule has 3 rings (SSSR count). The van der Waals surface area contributed by atoms with Gasteiger partial charge in [-0.3, -0.25) is 4.79 Å². The van der Waals surface area contributed by atoms with E-state index in [1.165, 1.54) is 6.07 Å². The van der Waals surface area contributed by atoms with Crippen molar-refractivity contribution in [1.29, 1.82) is 0 Å². The third kappa shape index (κ3) is 5.06. The van der Waals surface area contributed by atoms with E-state index in [1.54, 1.807) is 19.1 Å². The van der Waals surface area contributed by atoms with E-state index in [2.05, 4.69) is 20.7 Å². The van der Waals surface area contributed by atoms with Gasteiger partial charge in [0.1, 0.15) is 23.9 Å². The number of amides is 1. The van der Waals surface area contributed by atoms with Gasteiger partial charge in [-0.2, -0.15) is 4.80 Å². The minimum absolute atomic E-state index is 0.114. The summed E-state index contributed by atoms with van der Waals surface area (Å²) in [5.41, 5.74) is 0.188. The number of hydrogen-bond acceptors (Lipinski definition) is 5. The minimum Gasteiger partial charge on any atom is -0.485 e. The zero-order valence-corrected chi connectivity index (χ0v) is 14.5. The topological polar surface area (TPSA) is 81.9 Å². The highest BCUT2D eigenvalue weighted by atomic mass is 19.1. The number of nitrogens with one attached hydrogen (secondary N) is 1. The Hall–Kier alpha value is -3.36. The minimum atomic E-state index is -0.720. The monoisotopic (exact) mass is 373 g/mol. The molecule has 0 aliphatic carbocycles. The van der Waals surface area contributed by atoms with Crippen LogP contribution < -0.4 is 10.1 Å². The lowest BCUT2D eigenvalue weighted by molar-refractivity contribution is -0.122. The highest BCUT2D eigenvalue weighted by Crippen LogP contribution is 2.17. The number of ether oxygens (including phenoxy) is 1. The first kappa shape index (κ1) is 18.4. The van der Waals surface area contributed by atoms with Gasteiger partial charge in [-0.15, -0.1) is 10.2 Å². The van der Waals surface area contributed by atoms with Crippen molar-refractivity contribution in [2.45, 2.75) is 26.1 Å². The van der Waals surface area contributed by atoms with Gasteiger partial charge in [0.2, 0.25) is 11.7 Å². The lowest BCUT2D eigenvalue weighted by Crippen LogP contribution is -2.31. The van der Waals surface area contributed by atoms with Crippen LogP contribution in [0.3, 0.4) is 0 Å². The van der Waals surface area contributed by atoms with Crippen LogP contribution in [-0.4, -0.2) is 26.1 Å². The first-order valence-corrected chi connectivity index (χ1v) is 8.20. The Morgan fingerprint density at radius 3 is 2.74 bits per heavy atom. The molecule has 0 saturated carbocycles. The number of nitrogens with zero attached hydrogens (tertiary/aromatic N) is 4. The van der Waals surface area contributed by atoms with Crippen LogP contribution in [0.4, 0.5) is 8.78 Å². The van der Waals surface area contributed by atoms with Crippen LogP contribution in [0.1, 0.15) is 24.4 Å². The highest BCUT2D eigenvalue weighted by molar-refractivity contribution is 5.76. The average Bonchev–Trinajstić information content (AvgIpc) is 3.08. The Kier molecular flexibility index (Phi) is 5.70. The first-order valence-electron chi connectivity index (χ1n) is 8.20. The maximum absolute atomic E-state index is 13.8.